The van der Waals surface area contributed by atoms with Crippen LogP contribution in [0.4, 0.5) is 0 Å². The van der Waals surface area contributed by atoms with Crippen molar-refractivity contribution in [1.82, 2.24) is 0 Å². The molecule has 0 aliphatic heterocycles. The standard InChI is InChI=1S/C8Cl5.Ag/c1-2-3-4(9)6(11)8(13)7(12)5(3)10;/q-1;+1. The number of hydrogen-bond donors (Lipinski definition) is 0. The van der Waals surface area contributed by atoms with Crippen LogP contribution in [0.25, 0.3) is 0 Å². The van der Waals surface area contributed by atoms with Crippen molar-refractivity contribution in [2.45, 2.75) is 0 Å². The first-order valence-corrected chi connectivity index (χ1v) is 4.83. The van der Waals surface area contributed by atoms with E-state index in [0.29, 0.717) is 0 Å². The predicted octanol–water partition coefficient (Wildman–Crippen LogP) is 4.89. The van der Waals surface area contributed by atoms with E-state index in [4.69, 9.17) is 64.4 Å². The summed E-state index contributed by atoms with van der Waals surface area (Å²) in [5.74, 6) is 2.03. The molecule has 0 atom stereocenters. The number of benzene rings is 1. The molecule has 0 heterocycles. The van der Waals surface area contributed by atoms with E-state index in [2.05, 4.69) is 0 Å². The minimum Gasteiger partial charge on any atom is -0.366 e. The van der Waals surface area contributed by atoms with Gasteiger partial charge in [-0.1, -0.05) is 40.4 Å². The summed E-state index contributed by atoms with van der Waals surface area (Å²) >= 11 is 28.6. The van der Waals surface area contributed by atoms with Gasteiger partial charge in [-0.3, -0.25) is 5.92 Å². The first-order valence-electron chi connectivity index (χ1n) is 2.94. The third-order valence-electron chi connectivity index (χ3n) is 1.33. The van der Waals surface area contributed by atoms with E-state index in [1.807, 2.05) is 5.92 Å². The van der Waals surface area contributed by atoms with E-state index in [9.17, 15) is 0 Å². The second kappa shape index (κ2) is 5.89. The maximum Gasteiger partial charge on any atom is 1.00 e. The van der Waals surface area contributed by atoms with E-state index in [1.165, 1.54) is 0 Å². The molecule has 1 aromatic rings. The Morgan fingerprint density at radius 2 is 1.00 bits per heavy atom. The molecule has 0 N–H and O–H groups in total. The fraction of sp³-hybridized carbons (Fsp3) is 0. The molecule has 0 aliphatic carbocycles. The van der Waals surface area contributed by atoms with Crippen LogP contribution in [0, 0.1) is 12.3 Å². The van der Waals surface area contributed by atoms with Gasteiger partial charge in [-0.2, -0.15) is 0 Å². The van der Waals surface area contributed by atoms with Gasteiger partial charge >= 0.3 is 22.4 Å². The third kappa shape index (κ3) is 2.55. The zero-order chi connectivity index (χ0) is 10.2. The zero-order valence-corrected chi connectivity index (χ0v) is 11.5. The van der Waals surface area contributed by atoms with Crippen molar-refractivity contribution in [3.05, 3.63) is 37.1 Å². The Hall–Kier alpha value is 0.970. The van der Waals surface area contributed by atoms with Gasteiger partial charge in [0.25, 0.3) is 0 Å². The maximum absolute atomic E-state index is 6.91. The minimum absolute atomic E-state index is 0. The van der Waals surface area contributed by atoms with E-state index >= 15 is 0 Å². The molecule has 0 fully saturated rings. The molecule has 0 aromatic heterocycles. The zero-order valence-electron chi connectivity index (χ0n) is 6.19. The van der Waals surface area contributed by atoms with Crippen molar-refractivity contribution < 1.29 is 22.4 Å². The normalized spacial score (nSPS) is 9.14. The molecule has 0 saturated heterocycles. The van der Waals surface area contributed by atoms with Crippen molar-refractivity contribution >= 4 is 58.0 Å². The molecule has 0 amide bonds. The van der Waals surface area contributed by atoms with Crippen molar-refractivity contribution in [3.63, 3.8) is 0 Å². The average molecular weight is 381 g/mol. The van der Waals surface area contributed by atoms with E-state index in [-0.39, 0.29) is 53.1 Å². The predicted molar refractivity (Wildman–Crippen MR) is 57.7 cm³/mol. The Bertz CT molecular complexity index is 378. The fourth-order valence-corrected chi connectivity index (χ4v) is 1.95. The van der Waals surface area contributed by atoms with Gasteiger partial charge in [0.1, 0.15) is 0 Å². The molecule has 0 bridgehead atoms. The van der Waals surface area contributed by atoms with E-state index in [1.54, 1.807) is 0 Å². The van der Waals surface area contributed by atoms with Crippen molar-refractivity contribution in [2.24, 2.45) is 0 Å². The van der Waals surface area contributed by atoms with Gasteiger partial charge in [-0.25, -0.2) is 0 Å². The summed E-state index contributed by atoms with van der Waals surface area (Å²) in [6.45, 7) is 0. The van der Waals surface area contributed by atoms with Gasteiger partial charge < -0.3 is 6.42 Å². The molecule has 78 valence electrons. The Morgan fingerprint density at radius 1 is 0.714 bits per heavy atom. The monoisotopic (exact) mass is 378 g/mol. The molecule has 6 heteroatoms. The molecule has 1 rings (SSSR count). The van der Waals surface area contributed by atoms with Crippen LogP contribution >= 0.6 is 58.0 Å². The Morgan fingerprint density at radius 3 is 1.29 bits per heavy atom. The largest absolute Gasteiger partial charge is 1.00 e. The van der Waals surface area contributed by atoms with Crippen LogP contribution in [0.3, 0.4) is 0 Å². The summed E-state index contributed by atoms with van der Waals surface area (Å²) < 4.78 is 0. The van der Waals surface area contributed by atoms with Crippen molar-refractivity contribution in [2.75, 3.05) is 0 Å². The summed E-state index contributed by atoms with van der Waals surface area (Å²) in [6.07, 6.45) is 6.91. The van der Waals surface area contributed by atoms with Gasteiger partial charge in [-0.05, 0) is 10.0 Å². The molecule has 0 unspecified atom stereocenters. The van der Waals surface area contributed by atoms with Crippen LogP contribution in [0.15, 0.2) is 0 Å². The first kappa shape index (κ1) is 15.0. The summed E-state index contributed by atoms with van der Waals surface area (Å²) in [6, 6.07) is 0. The van der Waals surface area contributed by atoms with Gasteiger partial charge in [0.15, 0.2) is 0 Å². The summed E-state index contributed by atoms with van der Waals surface area (Å²) in [4.78, 5) is 0. The third-order valence-corrected chi connectivity index (χ3v) is 3.61. The molecular weight excluding hydrogens is 381 g/mol. The van der Waals surface area contributed by atoms with Crippen LogP contribution in [-0.2, 0) is 22.4 Å². The van der Waals surface area contributed by atoms with Crippen LogP contribution in [0.5, 0.6) is 0 Å². The molecule has 0 aliphatic rings. The van der Waals surface area contributed by atoms with Crippen molar-refractivity contribution in [1.29, 1.82) is 0 Å². The van der Waals surface area contributed by atoms with Crippen LogP contribution in [-0.4, -0.2) is 0 Å². The van der Waals surface area contributed by atoms with E-state index < -0.39 is 0 Å². The molecule has 0 spiro atoms. The van der Waals surface area contributed by atoms with Crippen molar-refractivity contribution in [3.8, 4) is 5.92 Å². The molecule has 1 aromatic carbocycles. The fourth-order valence-electron chi connectivity index (χ4n) is 0.715. The Labute approximate surface area is 122 Å². The molecule has 0 saturated carbocycles. The number of rotatable bonds is 0. The number of hydrogen-bond acceptors (Lipinski definition) is 0. The molecule has 0 radical (unpaired) electrons. The minimum atomic E-state index is 0. The summed E-state index contributed by atoms with van der Waals surface area (Å²) in [5.41, 5.74) is 0.141. The summed E-state index contributed by atoms with van der Waals surface area (Å²) in [5, 5.41) is 0.393. The average Bonchev–Trinajstić information content (AvgIpc) is 2.13. The van der Waals surface area contributed by atoms with Gasteiger partial charge in [0, 0.05) is 0 Å². The van der Waals surface area contributed by atoms with Crippen LogP contribution in [0.2, 0.25) is 25.1 Å². The maximum atomic E-state index is 6.91. The molecular formula is C8AgCl5. The molecule has 0 nitrogen and oxygen atoms in total. The Kier molecular flexibility index (Phi) is 6.30. The van der Waals surface area contributed by atoms with Crippen LogP contribution in [0.1, 0.15) is 5.56 Å². The van der Waals surface area contributed by atoms with Gasteiger partial charge in [0.05, 0.1) is 15.1 Å². The molecule has 14 heavy (non-hydrogen) atoms. The Balaban J connectivity index is 0.00000169. The first-order chi connectivity index (χ1) is 6.00. The second-order valence-electron chi connectivity index (χ2n) is 2.07. The summed E-state index contributed by atoms with van der Waals surface area (Å²) in [7, 11) is 0. The topological polar surface area (TPSA) is 0 Å². The smallest absolute Gasteiger partial charge is 0.366 e. The quantitative estimate of drug-likeness (QED) is 0.197. The van der Waals surface area contributed by atoms with Crippen LogP contribution < -0.4 is 0 Å². The van der Waals surface area contributed by atoms with E-state index in [0.717, 1.165) is 0 Å². The number of halogens is 5. The van der Waals surface area contributed by atoms with Gasteiger partial charge in [-0.15, -0.1) is 23.2 Å². The SMILES string of the molecule is [Ag+].[C-]#Cc1c(Cl)c(Cl)c(Cl)c(Cl)c1Cl. The second-order valence-corrected chi connectivity index (χ2v) is 3.96. The van der Waals surface area contributed by atoms with Gasteiger partial charge in [0.2, 0.25) is 0 Å².